The minimum atomic E-state index is -0.547. The van der Waals surface area contributed by atoms with Gasteiger partial charge < -0.3 is 0 Å². The first-order valence-electron chi connectivity index (χ1n) is 10.4. The van der Waals surface area contributed by atoms with Crippen molar-refractivity contribution in [3.8, 4) is 5.69 Å². The van der Waals surface area contributed by atoms with Gasteiger partial charge in [0.15, 0.2) is 11.3 Å². The zero-order valence-corrected chi connectivity index (χ0v) is 18.9. The summed E-state index contributed by atoms with van der Waals surface area (Å²) in [6.07, 6.45) is 0. The molecule has 0 atom stereocenters. The van der Waals surface area contributed by atoms with E-state index >= 15 is 0 Å². The fourth-order valence-corrected chi connectivity index (χ4v) is 4.22. The Kier molecular flexibility index (Phi) is 4.86. The van der Waals surface area contributed by atoms with Crippen molar-refractivity contribution in [2.75, 3.05) is 0 Å². The number of nitro benzene ring substituents is 1. The highest BCUT2D eigenvalue weighted by Gasteiger charge is 2.24. The highest BCUT2D eigenvalue weighted by Crippen LogP contribution is 2.32. The Bertz CT molecular complexity index is 1650. The van der Waals surface area contributed by atoms with Gasteiger partial charge in [-0.05, 0) is 37.1 Å². The van der Waals surface area contributed by atoms with E-state index in [-0.39, 0.29) is 22.2 Å². The molecule has 0 bridgehead atoms. The fourth-order valence-electron chi connectivity index (χ4n) is 4.04. The minimum absolute atomic E-state index is 0.0180. The van der Waals surface area contributed by atoms with Gasteiger partial charge in [0.25, 0.3) is 11.2 Å². The van der Waals surface area contributed by atoms with E-state index in [2.05, 4.69) is 0 Å². The summed E-state index contributed by atoms with van der Waals surface area (Å²) >= 11 is 6.04. The van der Waals surface area contributed by atoms with Crippen molar-refractivity contribution in [1.82, 2.24) is 24.1 Å². The second kappa shape index (κ2) is 7.63. The lowest BCUT2D eigenvalue weighted by Gasteiger charge is -2.12. The molecule has 0 amide bonds. The molecule has 9 nitrogen and oxygen atoms in total. The van der Waals surface area contributed by atoms with Crippen LogP contribution in [0.2, 0.25) is 5.02 Å². The zero-order chi connectivity index (χ0) is 23.4. The van der Waals surface area contributed by atoms with Gasteiger partial charge >= 0.3 is 0 Å². The molecule has 0 fully saturated rings. The number of aromatic nitrogens is 5. The first-order valence-corrected chi connectivity index (χ1v) is 10.8. The number of fused-ring (bicyclic) bond motifs is 4. The number of benzene rings is 2. The molecule has 0 saturated heterocycles. The van der Waals surface area contributed by atoms with E-state index in [4.69, 9.17) is 26.6 Å². The third-order valence-corrected chi connectivity index (χ3v) is 5.81. The monoisotopic (exact) mass is 462 g/mol. The van der Waals surface area contributed by atoms with E-state index < -0.39 is 4.92 Å². The number of para-hydroxylation sites is 2. The lowest BCUT2D eigenvalue weighted by atomic mass is 10.2. The quantitative estimate of drug-likeness (QED) is 0.280. The van der Waals surface area contributed by atoms with Crippen LogP contribution >= 0.6 is 11.6 Å². The SMILES string of the molecule is Cc1nc2c(c(=O)n1CC(C)C)c1nc3ccccc3nc1n2-c1ccc(Cl)c([N+](=O)[O-])c1. The normalized spacial score (nSPS) is 11.8. The molecule has 5 rings (SSSR count). The van der Waals surface area contributed by atoms with Crippen molar-refractivity contribution in [1.29, 1.82) is 0 Å². The molecule has 10 heteroatoms. The van der Waals surface area contributed by atoms with E-state index in [0.717, 1.165) is 0 Å². The Labute approximate surface area is 192 Å². The summed E-state index contributed by atoms with van der Waals surface area (Å²) in [5.74, 6) is 0.776. The van der Waals surface area contributed by atoms with Crippen LogP contribution in [-0.2, 0) is 6.54 Å². The van der Waals surface area contributed by atoms with Gasteiger partial charge in [-0.1, -0.05) is 37.6 Å². The molecule has 0 aliphatic heterocycles. The van der Waals surface area contributed by atoms with Crippen LogP contribution in [0.3, 0.4) is 0 Å². The second-order valence-corrected chi connectivity index (χ2v) is 8.69. The maximum absolute atomic E-state index is 13.6. The van der Waals surface area contributed by atoms with E-state index in [1.165, 1.54) is 12.1 Å². The summed E-state index contributed by atoms with van der Waals surface area (Å²) in [5.41, 5.74) is 2.37. The van der Waals surface area contributed by atoms with E-state index in [1.807, 2.05) is 38.1 Å². The summed E-state index contributed by atoms with van der Waals surface area (Å²) in [5, 5.41) is 11.9. The summed E-state index contributed by atoms with van der Waals surface area (Å²) in [6.45, 7) is 6.33. The van der Waals surface area contributed by atoms with Crippen molar-refractivity contribution < 1.29 is 4.92 Å². The Morgan fingerprint density at radius 2 is 1.76 bits per heavy atom. The Balaban J connectivity index is 1.98. The molecule has 0 aliphatic rings. The molecule has 3 heterocycles. The van der Waals surface area contributed by atoms with Crippen LogP contribution in [0.4, 0.5) is 5.69 Å². The van der Waals surface area contributed by atoms with Crippen LogP contribution in [0, 0.1) is 23.0 Å². The van der Waals surface area contributed by atoms with Crippen molar-refractivity contribution in [3.05, 3.63) is 73.8 Å². The van der Waals surface area contributed by atoms with Crippen LogP contribution in [0.1, 0.15) is 19.7 Å². The second-order valence-electron chi connectivity index (χ2n) is 8.28. The average molecular weight is 463 g/mol. The van der Waals surface area contributed by atoms with Crippen molar-refractivity contribution in [3.63, 3.8) is 0 Å². The molecule has 166 valence electrons. The number of hydrogen-bond donors (Lipinski definition) is 0. The van der Waals surface area contributed by atoms with Crippen molar-refractivity contribution in [2.45, 2.75) is 27.3 Å². The van der Waals surface area contributed by atoms with E-state index in [1.54, 1.807) is 22.1 Å². The first-order chi connectivity index (χ1) is 15.8. The summed E-state index contributed by atoms with van der Waals surface area (Å²) in [6, 6.07) is 11.8. The fraction of sp³-hybridized carbons (Fsp3) is 0.217. The molecular weight excluding hydrogens is 444 g/mol. The maximum atomic E-state index is 13.6. The van der Waals surface area contributed by atoms with Crippen molar-refractivity contribution in [2.24, 2.45) is 5.92 Å². The largest absolute Gasteiger partial charge is 0.296 e. The lowest BCUT2D eigenvalue weighted by Crippen LogP contribution is -2.26. The van der Waals surface area contributed by atoms with Crippen LogP contribution in [0.15, 0.2) is 47.3 Å². The predicted octanol–water partition coefficient (Wildman–Crippen LogP) is 4.81. The lowest BCUT2D eigenvalue weighted by molar-refractivity contribution is -0.384. The third kappa shape index (κ3) is 3.32. The minimum Gasteiger partial charge on any atom is -0.296 e. The van der Waals surface area contributed by atoms with Gasteiger partial charge in [-0.25, -0.2) is 15.0 Å². The van der Waals surface area contributed by atoms with Gasteiger partial charge in [0.2, 0.25) is 0 Å². The summed E-state index contributed by atoms with van der Waals surface area (Å²) in [7, 11) is 0. The Hall–Kier alpha value is -3.85. The van der Waals surface area contributed by atoms with Crippen LogP contribution in [-0.4, -0.2) is 29.0 Å². The number of nitro groups is 1. The standard InChI is InChI=1S/C23H19ClN6O3/c1-12(2)11-28-13(3)25-21-19(23(28)31)20-22(27-17-7-5-4-6-16(17)26-20)29(21)14-8-9-15(24)18(10-14)30(32)33/h4-10,12H,11H2,1-3H3. The molecule has 33 heavy (non-hydrogen) atoms. The molecular formula is C23H19ClN6O3. The molecule has 0 spiro atoms. The summed E-state index contributed by atoms with van der Waals surface area (Å²) < 4.78 is 3.28. The number of aryl methyl sites for hydroxylation is 1. The molecule has 0 radical (unpaired) electrons. The number of hydrogen-bond acceptors (Lipinski definition) is 6. The Morgan fingerprint density at radius 1 is 1.06 bits per heavy atom. The van der Waals surface area contributed by atoms with Crippen LogP contribution in [0.25, 0.3) is 38.9 Å². The highest BCUT2D eigenvalue weighted by atomic mass is 35.5. The van der Waals surface area contributed by atoms with Gasteiger partial charge in [-0.3, -0.25) is 24.0 Å². The average Bonchev–Trinajstić information content (AvgIpc) is 3.08. The highest BCUT2D eigenvalue weighted by molar-refractivity contribution is 6.32. The van der Waals surface area contributed by atoms with Crippen molar-refractivity contribution >= 4 is 50.5 Å². The maximum Gasteiger partial charge on any atom is 0.289 e. The van der Waals surface area contributed by atoms with E-state index in [9.17, 15) is 14.9 Å². The number of rotatable bonds is 4. The van der Waals surface area contributed by atoms with E-state index in [0.29, 0.717) is 51.3 Å². The topological polar surface area (TPSA) is 109 Å². The Morgan fingerprint density at radius 3 is 2.42 bits per heavy atom. The van der Waals surface area contributed by atoms with Gasteiger partial charge in [-0.15, -0.1) is 0 Å². The zero-order valence-electron chi connectivity index (χ0n) is 18.1. The number of nitrogens with zero attached hydrogens (tertiary/aromatic N) is 6. The van der Waals surface area contributed by atoms with Gasteiger partial charge in [0, 0.05) is 12.6 Å². The predicted molar refractivity (Wildman–Crippen MR) is 127 cm³/mol. The molecule has 3 aromatic heterocycles. The first kappa shape index (κ1) is 21.0. The third-order valence-electron chi connectivity index (χ3n) is 5.49. The molecule has 2 aromatic carbocycles. The van der Waals surface area contributed by atoms with Crippen LogP contribution < -0.4 is 5.56 Å². The molecule has 0 saturated carbocycles. The molecule has 0 unspecified atom stereocenters. The smallest absolute Gasteiger partial charge is 0.289 e. The van der Waals surface area contributed by atoms with Gasteiger partial charge in [0.1, 0.15) is 21.7 Å². The summed E-state index contributed by atoms with van der Waals surface area (Å²) in [4.78, 5) is 38.8. The molecule has 0 N–H and O–H groups in total. The number of halogens is 1. The molecule has 5 aromatic rings. The van der Waals surface area contributed by atoms with Gasteiger partial charge in [0.05, 0.1) is 21.6 Å². The molecule has 0 aliphatic carbocycles. The van der Waals surface area contributed by atoms with Crippen LogP contribution in [0.5, 0.6) is 0 Å². The van der Waals surface area contributed by atoms with Gasteiger partial charge in [-0.2, -0.15) is 0 Å².